The van der Waals surface area contributed by atoms with Crippen LogP contribution in [0.4, 0.5) is 0 Å². The summed E-state index contributed by atoms with van der Waals surface area (Å²) in [4.78, 5) is 7.95. The van der Waals surface area contributed by atoms with Gasteiger partial charge in [0.05, 0.1) is 5.52 Å². The SMILES string of the molecule is [B]c1cc(C)cc2c(Cl)ncnc12. The number of fused-ring (bicyclic) bond motifs is 1. The third-order valence-corrected chi connectivity index (χ3v) is 2.17. The molecule has 0 atom stereocenters. The van der Waals surface area contributed by atoms with Gasteiger partial charge < -0.3 is 0 Å². The Morgan fingerprint density at radius 2 is 2.08 bits per heavy atom. The van der Waals surface area contributed by atoms with E-state index in [4.69, 9.17) is 19.4 Å². The van der Waals surface area contributed by atoms with Crippen LogP contribution in [-0.4, -0.2) is 17.8 Å². The topological polar surface area (TPSA) is 25.8 Å². The molecule has 1 heterocycles. The maximum Gasteiger partial charge on any atom is 0.140 e. The molecular weight excluding hydrogens is 182 g/mol. The first kappa shape index (κ1) is 8.51. The average Bonchev–Trinajstić information content (AvgIpc) is 2.07. The quantitative estimate of drug-likeness (QED) is 0.461. The minimum Gasteiger partial charge on any atom is -0.237 e. The molecule has 4 heteroatoms. The molecule has 0 N–H and O–H groups in total. The van der Waals surface area contributed by atoms with Crippen LogP contribution in [0.15, 0.2) is 18.5 Å². The number of hydrogen-bond donors (Lipinski definition) is 0. The third kappa shape index (κ3) is 1.40. The van der Waals surface area contributed by atoms with Crippen molar-refractivity contribution in [2.75, 3.05) is 0 Å². The Balaban J connectivity index is 2.94. The number of benzene rings is 1. The van der Waals surface area contributed by atoms with Gasteiger partial charge in [-0.3, -0.25) is 0 Å². The Labute approximate surface area is 82.4 Å². The van der Waals surface area contributed by atoms with E-state index >= 15 is 0 Å². The second kappa shape index (κ2) is 3.00. The van der Waals surface area contributed by atoms with Gasteiger partial charge in [0.25, 0.3) is 0 Å². The third-order valence-electron chi connectivity index (χ3n) is 1.86. The zero-order valence-corrected chi connectivity index (χ0v) is 7.84. The van der Waals surface area contributed by atoms with Crippen LogP contribution in [0.25, 0.3) is 10.9 Å². The van der Waals surface area contributed by atoms with E-state index in [2.05, 4.69) is 9.97 Å². The van der Waals surface area contributed by atoms with Crippen molar-refractivity contribution in [1.82, 2.24) is 9.97 Å². The van der Waals surface area contributed by atoms with Crippen LogP contribution in [-0.2, 0) is 0 Å². The average molecular weight is 188 g/mol. The van der Waals surface area contributed by atoms with E-state index < -0.39 is 0 Å². The molecule has 0 unspecified atom stereocenters. The van der Waals surface area contributed by atoms with Crippen LogP contribution in [0.2, 0.25) is 5.15 Å². The summed E-state index contributed by atoms with van der Waals surface area (Å²) in [6.07, 6.45) is 1.41. The van der Waals surface area contributed by atoms with Crippen LogP contribution in [0, 0.1) is 6.92 Å². The lowest BCUT2D eigenvalue weighted by molar-refractivity contribution is 1.22. The van der Waals surface area contributed by atoms with Crippen molar-refractivity contribution in [2.24, 2.45) is 0 Å². The number of rotatable bonds is 0. The van der Waals surface area contributed by atoms with Gasteiger partial charge in [-0.25, -0.2) is 9.97 Å². The molecule has 13 heavy (non-hydrogen) atoms. The molecule has 62 valence electrons. The van der Waals surface area contributed by atoms with E-state index in [0.717, 1.165) is 10.9 Å². The molecule has 0 saturated carbocycles. The second-order valence-electron chi connectivity index (χ2n) is 2.91. The highest BCUT2D eigenvalue weighted by Gasteiger charge is 2.03. The molecule has 0 fully saturated rings. The Morgan fingerprint density at radius 1 is 1.31 bits per heavy atom. The van der Waals surface area contributed by atoms with E-state index in [1.54, 1.807) is 0 Å². The van der Waals surface area contributed by atoms with Crippen molar-refractivity contribution in [2.45, 2.75) is 6.92 Å². The summed E-state index contributed by atoms with van der Waals surface area (Å²) in [6.45, 7) is 1.96. The van der Waals surface area contributed by atoms with E-state index in [0.29, 0.717) is 16.1 Å². The van der Waals surface area contributed by atoms with Gasteiger partial charge in [-0.1, -0.05) is 28.7 Å². The van der Waals surface area contributed by atoms with Crippen LogP contribution in [0.5, 0.6) is 0 Å². The maximum atomic E-state index is 5.89. The van der Waals surface area contributed by atoms with Crippen LogP contribution in [0.3, 0.4) is 0 Å². The van der Waals surface area contributed by atoms with E-state index in [1.165, 1.54) is 6.33 Å². The van der Waals surface area contributed by atoms with E-state index in [1.807, 2.05) is 19.1 Å². The summed E-state index contributed by atoms with van der Waals surface area (Å²) in [5, 5.41) is 1.25. The number of aromatic nitrogens is 2. The Morgan fingerprint density at radius 3 is 2.85 bits per heavy atom. The first-order valence-corrected chi connectivity index (χ1v) is 4.22. The number of hydrogen-bond acceptors (Lipinski definition) is 2. The molecule has 0 saturated heterocycles. The molecule has 2 radical (unpaired) electrons. The maximum absolute atomic E-state index is 5.89. The minimum atomic E-state index is 0.445. The molecule has 0 aliphatic rings. The van der Waals surface area contributed by atoms with Crippen molar-refractivity contribution >= 4 is 35.8 Å². The van der Waals surface area contributed by atoms with Crippen molar-refractivity contribution in [3.05, 3.63) is 29.2 Å². The summed E-state index contributed by atoms with van der Waals surface area (Å²) >= 11 is 5.89. The largest absolute Gasteiger partial charge is 0.237 e. The van der Waals surface area contributed by atoms with E-state index in [9.17, 15) is 0 Å². The van der Waals surface area contributed by atoms with Crippen LogP contribution < -0.4 is 5.46 Å². The van der Waals surface area contributed by atoms with Crippen molar-refractivity contribution in [1.29, 1.82) is 0 Å². The van der Waals surface area contributed by atoms with Gasteiger partial charge >= 0.3 is 0 Å². The molecule has 0 amide bonds. The fraction of sp³-hybridized carbons (Fsp3) is 0.111. The summed E-state index contributed by atoms with van der Waals surface area (Å²) < 4.78 is 0. The summed E-state index contributed by atoms with van der Waals surface area (Å²) in [5.41, 5.74) is 2.41. The smallest absolute Gasteiger partial charge is 0.140 e. The lowest BCUT2D eigenvalue weighted by Crippen LogP contribution is -2.06. The Kier molecular flexibility index (Phi) is 1.96. The number of aryl methyl sites for hydroxylation is 1. The van der Waals surface area contributed by atoms with Gasteiger partial charge in [0.2, 0.25) is 0 Å². The highest BCUT2D eigenvalue weighted by atomic mass is 35.5. The second-order valence-corrected chi connectivity index (χ2v) is 3.27. The van der Waals surface area contributed by atoms with Gasteiger partial charge in [-0.2, -0.15) is 0 Å². The van der Waals surface area contributed by atoms with Crippen molar-refractivity contribution < 1.29 is 0 Å². The van der Waals surface area contributed by atoms with Gasteiger partial charge in [0.15, 0.2) is 0 Å². The fourth-order valence-corrected chi connectivity index (χ4v) is 1.50. The van der Waals surface area contributed by atoms with Gasteiger partial charge in [0, 0.05) is 5.39 Å². The molecule has 0 bridgehead atoms. The highest BCUT2D eigenvalue weighted by molar-refractivity contribution is 6.40. The fourth-order valence-electron chi connectivity index (χ4n) is 1.32. The normalized spacial score (nSPS) is 10.6. The van der Waals surface area contributed by atoms with Crippen LogP contribution >= 0.6 is 11.6 Å². The standard InChI is InChI=1S/C9H6BClN2/c1-5-2-6-8(7(10)3-5)12-4-13-9(6)11/h2-4H,1H3. The monoisotopic (exact) mass is 188 g/mol. The molecule has 2 rings (SSSR count). The zero-order valence-electron chi connectivity index (χ0n) is 7.08. The highest BCUT2D eigenvalue weighted by Crippen LogP contribution is 2.18. The molecular formula is C9H6BClN2. The van der Waals surface area contributed by atoms with Gasteiger partial charge in [-0.05, 0) is 13.0 Å². The molecule has 1 aromatic heterocycles. The van der Waals surface area contributed by atoms with Crippen LogP contribution in [0.1, 0.15) is 5.56 Å². The molecule has 0 spiro atoms. The van der Waals surface area contributed by atoms with Gasteiger partial charge in [-0.15, -0.1) is 0 Å². The molecule has 2 nitrogen and oxygen atoms in total. The van der Waals surface area contributed by atoms with Crippen molar-refractivity contribution in [3.63, 3.8) is 0 Å². The first-order valence-electron chi connectivity index (χ1n) is 3.85. The molecule has 0 aliphatic heterocycles. The van der Waals surface area contributed by atoms with Crippen molar-refractivity contribution in [3.8, 4) is 0 Å². The Hall–Kier alpha value is -1.09. The van der Waals surface area contributed by atoms with Gasteiger partial charge in [0.1, 0.15) is 19.3 Å². The summed E-state index contributed by atoms with van der Waals surface area (Å²) in [5.74, 6) is 0. The lowest BCUT2D eigenvalue weighted by atomic mass is 9.92. The summed E-state index contributed by atoms with van der Waals surface area (Å²) in [7, 11) is 5.78. The lowest BCUT2D eigenvalue weighted by Gasteiger charge is -2.03. The Bertz CT molecular complexity index is 470. The number of halogens is 1. The predicted molar refractivity (Wildman–Crippen MR) is 54.7 cm³/mol. The minimum absolute atomic E-state index is 0.445. The number of nitrogens with zero attached hydrogens (tertiary/aromatic N) is 2. The first-order chi connectivity index (χ1) is 6.18. The molecule has 1 aromatic carbocycles. The summed E-state index contributed by atoms with van der Waals surface area (Å²) in [6, 6.07) is 3.79. The molecule has 0 aliphatic carbocycles. The van der Waals surface area contributed by atoms with E-state index in [-0.39, 0.29) is 0 Å². The zero-order chi connectivity index (χ0) is 9.42. The predicted octanol–water partition coefficient (Wildman–Crippen LogP) is 1.39. The molecule has 2 aromatic rings.